The molecule has 6 nitrogen and oxygen atoms in total. The van der Waals surface area contributed by atoms with Gasteiger partial charge in [-0.25, -0.2) is 4.79 Å². The van der Waals surface area contributed by atoms with Crippen LogP contribution in [0.3, 0.4) is 0 Å². The van der Waals surface area contributed by atoms with Gasteiger partial charge in [0.25, 0.3) is 0 Å². The number of aromatic nitrogens is 1. The van der Waals surface area contributed by atoms with E-state index in [1.807, 2.05) is 19.1 Å². The van der Waals surface area contributed by atoms with Crippen LogP contribution in [0.4, 0.5) is 4.79 Å². The number of methoxy groups -OCH3 is 2. The zero-order chi connectivity index (χ0) is 23.3. The lowest BCUT2D eigenvalue weighted by Gasteiger charge is -2.23. The van der Waals surface area contributed by atoms with Gasteiger partial charge >= 0.3 is 6.09 Å². The van der Waals surface area contributed by atoms with Crippen LogP contribution in [-0.4, -0.2) is 25.2 Å². The normalized spacial score (nSPS) is 10.8. The van der Waals surface area contributed by atoms with Crippen molar-refractivity contribution in [3.8, 4) is 16.9 Å². The molecule has 0 fully saturated rings. The number of amides is 1. The lowest BCUT2D eigenvalue weighted by molar-refractivity contribution is -0.605. The number of carbonyl (C=O) groups is 1. The van der Waals surface area contributed by atoms with Crippen LogP contribution in [0.1, 0.15) is 42.0 Å². The molecule has 6 heteroatoms. The number of aryl methyl sites for hydroxylation is 1. The van der Waals surface area contributed by atoms with E-state index in [1.54, 1.807) is 18.1 Å². The highest BCUT2D eigenvalue weighted by Gasteiger charge is 2.20. The van der Waals surface area contributed by atoms with Crippen molar-refractivity contribution in [2.75, 3.05) is 14.2 Å². The Hall–Kier alpha value is -3.54. The van der Waals surface area contributed by atoms with E-state index in [2.05, 4.69) is 44.2 Å². The van der Waals surface area contributed by atoms with Gasteiger partial charge in [0.2, 0.25) is 0 Å². The quantitative estimate of drug-likeness (QED) is 0.379. The third kappa shape index (κ3) is 5.38. The molecule has 0 aliphatic rings. The Labute approximate surface area is 189 Å². The summed E-state index contributed by atoms with van der Waals surface area (Å²) in [6.45, 7) is 6.92. The average molecular weight is 435 g/mol. The Balaban J connectivity index is 2.05. The van der Waals surface area contributed by atoms with Crippen LogP contribution in [0.2, 0.25) is 0 Å². The minimum absolute atomic E-state index is 0.256. The number of hydrogen-bond donors (Lipinski definition) is 0. The summed E-state index contributed by atoms with van der Waals surface area (Å²) in [4.78, 5) is 14.2. The number of pyridine rings is 1. The zero-order valence-corrected chi connectivity index (χ0v) is 19.3. The van der Waals surface area contributed by atoms with E-state index < -0.39 is 6.09 Å². The van der Waals surface area contributed by atoms with Gasteiger partial charge in [-0.3, -0.25) is 4.90 Å². The monoisotopic (exact) mass is 434 g/mol. The van der Waals surface area contributed by atoms with Crippen LogP contribution < -0.4 is 9.47 Å². The maximum absolute atomic E-state index is 12.6. The maximum atomic E-state index is 12.6. The van der Waals surface area contributed by atoms with Crippen molar-refractivity contribution in [2.45, 2.75) is 39.8 Å². The second-order valence-corrected chi connectivity index (χ2v) is 8.17. The number of rotatable bonds is 7. The second kappa shape index (κ2) is 10.2. The fraction of sp³-hybridized carbons (Fsp3) is 0.308. The molecule has 1 aromatic heterocycles. The van der Waals surface area contributed by atoms with Crippen molar-refractivity contribution < 1.29 is 19.0 Å². The van der Waals surface area contributed by atoms with Crippen molar-refractivity contribution in [3.63, 3.8) is 0 Å². The van der Waals surface area contributed by atoms with E-state index >= 15 is 0 Å². The molecule has 168 valence electrons. The van der Waals surface area contributed by atoms with Crippen molar-refractivity contribution in [1.29, 1.82) is 0 Å². The summed E-state index contributed by atoms with van der Waals surface area (Å²) in [7, 11) is 3.02. The highest BCUT2D eigenvalue weighted by molar-refractivity contribution is 5.75. The second-order valence-electron chi connectivity index (χ2n) is 8.17. The molecule has 3 aromatic rings. The predicted octanol–water partition coefficient (Wildman–Crippen LogP) is 5.20. The zero-order valence-electron chi connectivity index (χ0n) is 19.3. The van der Waals surface area contributed by atoms with Crippen LogP contribution in [0.25, 0.3) is 11.1 Å². The van der Waals surface area contributed by atoms with E-state index in [0.29, 0.717) is 12.5 Å². The number of benzene rings is 2. The number of ether oxygens (including phenoxy) is 2. The fourth-order valence-electron chi connectivity index (χ4n) is 3.75. The molecular weight excluding hydrogens is 404 g/mol. The molecule has 0 spiro atoms. The summed E-state index contributed by atoms with van der Waals surface area (Å²) in [5.41, 5.74) is 5.97. The van der Waals surface area contributed by atoms with Gasteiger partial charge in [0.15, 0.2) is 12.4 Å². The van der Waals surface area contributed by atoms with E-state index in [-0.39, 0.29) is 6.54 Å². The van der Waals surface area contributed by atoms with Crippen LogP contribution in [0.15, 0.2) is 60.9 Å². The molecule has 0 N–H and O–H groups in total. The molecule has 0 saturated heterocycles. The molecular formula is C26H30N2O4. The van der Waals surface area contributed by atoms with Crippen LogP contribution in [-0.2, 0) is 17.8 Å². The summed E-state index contributed by atoms with van der Waals surface area (Å²) in [5, 5.41) is 11.7. The van der Waals surface area contributed by atoms with Crippen molar-refractivity contribution in [1.82, 2.24) is 4.90 Å². The molecule has 0 atom stereocenters. The first-order valence-corrected chi connectivity index (χ1v) is 10.6. The number of carbonyl (C=O) groups excluding carboxylic acids is 1. The van der Waals surface area contributed by atoms with Gasteiger partial charge in [-0.05, 0) is 47.7 Å². The van der Waals surface area contributed by atoms with Gasteiger partial charge in [0, 0.05) is 23.7 Å². The third-order valence-corrected chi connectivity index (χ3v) is 5.44. The predicted molar refractivity (Wildman–Crippen MR) is 124 cm³/mol. The number of hydrogen-bond acceptors (Lipinski definition) is 4. The van der Waals surface area contributed by atoms with Gasteiger partial charge in [-0.1, -0.05) is 43.7 Å². The minimum atomic E-state index is -0.457. The molecule has 1 amide bonds. The Kier molecular flexibility index (Phi) is 7.36. The van der Waals surface area contributed by atoms with Gasteiger partial charge in [0.1, 0.15) is 5.75 Å². The molecule has 1 heterocycles. The van der Waals surface area contributed by atoms with E-state index in [9.17, 15) is 10.0 Å². The van der Waals surface area contributed by atoms with Crippen molar-refractivity contribution in [2.24, 2.45) is 0 Å². The highest BCUT2D eigenvalue weighted by Crippen LogP contribution is 2.36. The van der Waals surface area contributed by atoms with Crippen molar-refractivity contribution in [3.05, 3.63) is 88.4 Å². The first-order valence-electron chi connectivity index (χ1n) is 10.6. The first-order chi connectivity index (χ1) is 15.3. The number of nitrogens with zero attached hydrogens (tertiary/aromatic N) is 2. The van der Waals surface area contributed by atoms with Gasteiger partial charge in [-0.15, -0.1) is 0 Å². The summed E-state index contributed by atoms with van der Waals surface area (Å²) >= 11 is 0. The van der Waals surface area contributed by atoms with E-state index in [4.69, 9.17) is 9.47 Å². The summed E-state index contributed by atoms with van der Waals surface area (Å²) in [6.07, 6.45) is 2.42. The van der Waals surface area contributed by atoms with Crippen molar-refractivity contribution >= 4 is 6.09 Å². The average Bonchev–Trinajstić information content (AvgIpc) is 2.77. The Morgan fingerprint density at radius 1 is 1.06 bits per heavy atom. The molecule has 0 radical (unpaired) electrons. The SMILES string of the molecule is COC(=O)N(Cc1ccc[n+]([O-])c1)Cc1cc(C)ccc1-c1cc(C(C)C)ccc1OC. The molecule has 0 bridgehead atoms. The third-order valence-electron chi connectivity index (χ3n) is 5.44. The molecule has 0 saturated carbocycles. The minimum Gasteiger partial charge on any atom is -0.619 e. The van der Waals surface area contributed by atoms with E-state index in [1.165, 1.54) is 25.1 Å². The standard InChI is InChI=1S/C26H30N2O4/c1-18(2)21-9-11-25(31-4)24(14-21)23-10-8-19(3)13-22(23)17-27(26(29)32-5)15-20-7-6-12-28(30)16-20/h6-14,16,18H,15,17H2,1-5H3. The molecule has 3 rings (SSSR count). The first kappa shape index (κ1) is 23.1. The summed E-state index contributed by atoms with van der Waals surface area (Å²) < 4.78 is 11.4. The fourth-order valence-corrected chi connectivity index (χ4v) is 3.75. The molecule has 0 aliphatic heterocycles. The summed E-state index contributed by atoms with van der Waals surface area (Å²) in [6, 6.07) is 15.9. The summed E-state index contributed by atoms with van der Waals surface area (Å²) in [5.74, 6) is 1.15. The van der Waals surface area contributed by atoms with Crippen LogP contribution >= 0.6 is 0 Å². The smallest absolute Gasteiger partial charge is 0.410 e. The lowest BCUT2D eigenvalue weighted by Crippen LogP contribution is -2.32. The van der Waals surface area contributed by atoms with Gasteiger partial charge in [0.05, 0.1) is 20.8 Å². The van der Waals surface area contributed by atoms with Crippen LogP contribution in [0, 0.1) is 12.1 Å². The molecule has 32 heavy (non-hydrogen) atoms. The molecule has 0 aliphatic carbocycles. The topological polar surface area (TPSA) is 65.7 Å². The molecule has 0 unspecified atom stereocenters. The lowest BCUT2D eigenvalue weighted by atomic mass is 9.92. The van der Waals surface area contributed by atoms with Crippen LogP contribution in [0.5, 0.6) is 5.75 Å². The Bertz CT molecular complexity index is 1090. The van der Waals surface area contributed by atoms with Gasteiger partial charge in [-0.2, -0.15) is 4.73 Å². The highest BCUT2D eigenvalue weighted by atomic mass is 16.5. The largest absolute Gasteiger partial charge is 0.619 e. The van der Waals surface area contributed by atoms with Gasteiger partial charge < -0.3 is 14.7 Å². The molecule has 2 aromatic carbocycles. The maximum Gasteiger partial charge on any atom is 0.410 e. The van der Waals surface area contributed by atoms with E-state index in [0.717, 1.165) is 38.3 Å². The Morgan fingerprint density at radius 3 is 2.50 bits per heavy atom. The Morgan fingerprint density at radius 2 is 1.84 bits per heavy atom.